The number of carbonyl (C=O) groups excluding carboxylic acids is 2. The molecule has 2 aliphatic rings. The fourth-order valence-corrected chi connectivity index (χ4v) is 6.22. The second-order valence-electron chi connectivity index (χ2n) is 10.6. The summed E-state index contributed by atoms with van der Waals surface area (Å²) in [5.74, 6) is -0.132. The molecule has 1 fully saturated rings. The Morgan fingerprint density at radius 2 is 1.79 bits per heavy atom. The first-order valence-electron chi connectivity index (χ1n) is 14.0. The highest BCUT2D eigenvalue weighted by molar-refractivity contribution is 7.99. The van der Waals surface area contributed by atoms with Crippen LogP contribution in [0.15, 0.2) is 87.6 Å². The van der Waals surface area contributed by atoms with E-state index in [0.717, 1.165) is 58.6 Å². The molecule has 1 saturated heterocycles. The summed E-state index contributed by atoms with van der Waals surface area (Å²) in [4.78, 5) is 37.1. The number of aliphatic imine (C=N–C) groups is 1. The summed E-state index contributed by atoms with van der Waals surface area (Å²) in [5, 5.41) is 10.2. The van der Waals surface area contributed by atoms with E-state index in [2.05, 4.69) is 49.7 Å². The molecule has 1 unspecified atom stereocenters. The lowest BCUT2D eigenvalue weighted by Gasteiger charge is -2.34. The van der Waals surface area contributed by atoms with E-state index < -0.39 is 5.92 Å². The van der Waals surface area contributed by atoms with Crippen molar-refractivity contribution < 1.29 is 9.59 Å². The fourth-order valence-electron chi connectivity index (χ4n) is 5.23. The number of hydrogen-bond acceptors (Lipinski definition) is 7. The van der Waals surface area contributed by atoms with Gasteiger partial charge in [-0.15, -0.1) is 0 Å². The van der Waals surface area contributed by atoms with Crippen LogP contribution in [0.5, 0.6) is 0 Å². The number of aryl methyl sites for hydroxylation is 2. The molecule has 2 amide bonds. The molecule has 2 aliphatic heterocycles. The highest BCUT2D eigenvalue weighted by Gasteiger charge is 2.29. The lowest BCUT2D eigenvalue weighted by molar-refractivity contribution is -0.115. The molecule has 214 valence electrons. The van der Waals surface area contributed by atoms with Gasteiger partial charge >= 0.3 is 0 Å². The van der Waals surface area contributed by atoms with E-state index >= 15 is 0 Å². The molecule has 0 radical (unpaired) electrons. The van der Waals surface area contributed by atoms with Gasteiger partial charge in [-0.1, -0.05) is 30.0 Å². The van der Waals surface area contributed by atoms with Gasteiger partial charge in [0.15, 0.2) is 0 Å². The molecule has 2 N–H and O–H groups in total. The van der Waals surface area contributed by atoms with Crippen molar-refractivity contribution in [2.45, 2.75) is 22.6 Å². The molecular weight excluding hydrogens is 546 g/mol. The number of nitrogens with zero attached hydrogens (tertiary/aromatic N) is 5. The maximum absolute atomic E-state index is 13.1. The predicted molar refractivity (Wildman–Crippen MR) is 169 cm³/mol. The molecule has 10 heteroatoms. The number of aromatic nitrogens is 2. The molecule has 6 rings (SSSR count). The molecule has 1 atom stereocenters. The Kier molecular flexibility index (Phi) is 7.82. The third-order valence-electron chi connectivity index (χ3n) is 7.59. The average molecular weight is 580 g/mol. The second kappa shape index (κ2) is 11.8. The zero-order valence-corrected chi connectivity index (χ0v) is 24.7. The van der Waals surface area contributed by atoms with Gasteiger partial charge in [-0.2, -0.15) is 5.10 Å². The van der Waals surface area contributed by atoms with Gasteiger partial charge in [-0.25, -0.2) is 0 Å². The third kappa shape index (κ3) is 5.95. The quantitative estimate of drug-likeness (QED) is 0.288. The molecule has 3 heterocycles. The smallest absolute Gasteiger partial charge is 0.257 e. The molecule has 9 nitrogen and oxygen atoms in total. The summed E-state index contributed by atoms with van der Waals surface area (Å²) in [7, 11) is 3.95. The Morgan fingerprint density at radius 1 is 1.02 bits per heavy atom. The molecule has 1 aromatic heterocycles. The summed E-state index contributed by atoms with van der Waals surface area (Å²) < 4.78 is 1.65. The minimum Gasteiger partial charge on any atom is -0.369 e. The van der Waals surface area contributed by atoms with Crippen LogP contribution in [0.3, 0.4) is 0 Å². The number of piperazine rings is 1. The summed E-state index contributed by atoms with van der Waals surface area (Å²) in [5.41, 5.74) is 5.06. The molecule has 42 heavy (non-hydrogen) atoms. The molecule has 0 aliphatic carbocycles. The van der Waals surface area contributed by atoms with Crippen LogP contribution in [0, 0.1) is 6.92 Å². The summed E-state index contributed by atoms with van der Waals surface area (Å²) in [6, 6.07) is 23.4. The molecule has 0 bridgehead atoms. The maximum Gasteiger partial charge on any atom is 0.257 e. The Labute approximate surface area is 249 Å². The van der Waals surface area contributed by atoms with Crippen molar-refractivity contribution in [2.24, 2.45) is 12.0 Å². The number of hydrogen-bond donors (Lipinski definition) is 2. The van der Waals surface area contributed by atoms with Crippen molar-refractivity contribution in [3.05, 3.63) is 89.6 Å². The van der Waals surface area contributed by atoms with Crippen molar-refractivity contribution in [3.63, 3.8) is 0 Å². The highest BCUT2D eigenvalue weighted by atomic mass is 32.2. The fraction of sp³-hybridized carbons (Fsp3) is 0.250. The first kappa shape index (κ1) is 27.7. The van der Waals surface area contributed by atoms with Gasteiger partial charge in [-0.05, 0) is 68.1 Å². The molecule has 3 aromatic carbocycles. The van der Waals surface area contributed by atoms with Crippen molar-refractivity contribution in [3.8, 4) is 0 Å². The summed E-state index contributed by atoms with van der Waals surface area (Å²) in [6.45, 7) is 6.04. The van der Waals surface area contributed by atoms with Crippen LogP contribution in [0.1, 0.15) is 27.5 Å². The number of amides is 2. The average Bonchev–Trinajstić information content (AvgIpc) is 3.48. The first-order chi connectivity index (χ1) is 20.3. The van der Waals surface area contributed by atoms with Crippen LogP contribution in [-0.2, 0) is 11.8 Å². The van der Waals surface area contributed by atoms with Gasteiger partial charge in [-0.3, -0.25) is 19.3 Å². The van der Waals surface area contributed by atoms with E-state index in [0.29, 0.717) is 11.4 Å². The van der Waals surface area contributed by atoms with Crippen molar-refractivity contribution >= 4 is 52.7 Å². The van der Waals surface area contributed by atoms with Crippen LogP contribution in [0.4, 0.5) is 22.9 Å². The largest absolute Gasteiger partial charge is 0.369 e. The van der Waals surface area contributed by atoms with E-state index in [1.807, 2.05) is 61.5 Å². The summed E-state index contributed by atoms with van der Waals surface area (Å²) >= 11 is 1.48. The van der Waals surface area contributed by atoms with Gasteiger partial charge in [0.2, 0.25) is 5.91 Å². The standard InChI is InChI=1S/C32H33N7O2S/c1-21-18-30(38(3)36-21)35-31(40)26-6-4-5-7-29(26)42-24-12-13-25-27(32(41)34-28(25)19-24)20-33-22-8-10-23(11-9-22)39-16-14-37(2)15-17-39/h4-13,18-20,27H,14-17H2,1-3H3,(H,34,41)(H,35,40). The van der Waals surface area contributed by atoms with Crippen molar-refractivity contribution in [1.29, 1.82) is 0 Å². The van der Waals surface area contributed by atoms with E-state index in [9.17, 15) is 9.59 Å². The number of nitrogens with one attached hydrogen (secondary N) is 2. The predicted octanol–water partition coefficient (Wildman–Crippen LogP) is 5.32. The molecule has 0 saturated carbocycles. The van der Waals surface area contributed by atoms with E-state index in [1.165, 1.54) is 17.4 Å². The highest BCUT2D eigenvalue weighted by Crippen LogP contribution is 2.38. The monoisotopic (exact) mass is 579 g/mol. The molecular formula is C32H33N7O2S. The molecule has 0 spiro atoms. The Bertz CT molecular complexity index is 1660. The van der Waals surface area contributed by atoms with Crippen LogP contribution >= 0.6 is 11.8 Å². The Balaban J connectivity index is 1.14. The number of carbonyl (C=O) groups is 2. The van der Waals surface area contributed by atoms with Gasteiger partial charge in [0.1, 0.15) is 11.7 Å². The number of anilines is 3. The van der Waals surface area contributed by atoms with Gasteiger partial charge in [0.25, 0.3) is 5.91 Å². The zero-order valence-electron chi connectivity index (χ0n) is 23.9. The minimum atomic E-state index is -0.461. The molecule has 4 aromatic rings. The second-order valence-corrected chi connectivity index (χ2v) is 11.8. The van der Waals surface area contributed by atoms with Crippen LogP contribution in [-0.4, -0.2) is 65.9 Å². The maximum atomic E-state index is 13.1. The van der Waals surface area contributed by atoms with Crippen LogP contribution in [0.2, 0.25) is 0 Å². The van der Waals surface area contributed by atoms with Gasteiger partial charge < -0.3 is 20.4 Å². The SMILES string of the molecule is Cc1cc(NC(=O)c2ccccc2Sc2ccc3c(c2)NC(=O)C3C=Nc2ccc(N3CCN(C)CC3)cc2)n(C)n1. The number of rotatable bonds is 7. The Hall–Kier alpha value is -4.41. The first-order valence-corrected chi connectivity index (χ1v) is 14.8. The van der Waals surface area contributed by atoms with E-state index in [-0.39, 0.29) is 11.8 Å². The topological polar surface area (TPSA) is 94.9 Å². The van der Waals surface area contributed by atoms with E-state index in [4.69, 9.17) is 0 Å². The normalized spacial score (nSPS) is 17.0. The third-order valence-corrected chi connectivity index (χ3v) is 8.66. The lowest BCUT2D eigenvalue weighted by atomic mass is 10.0. The zero-order chi connectivity index (χ0) is 29.2. The minimum absolute atomic E-state index is 0.101. The summed E-state index contributed by atoms with van der Waals surface area (Å²) in [6.07, 6.45) is 1.72. The van der Waals surface area contributed by atoms with Crippen molar-refractivity contribution in [1.82, 2.24) is 14.7 Å². The number of likely N-dealkylation sites (N-methyl/N-ethyl adjacent to an activating group) is 1. The van der Waals surface area contributed by atoms with Gasteiger partial charge in [0.05, 0.1) is 16.9 Å². The van der Waals surface area contributed by atoms with Gasteiger partial charge in [0, 0.05) is 66.7 Å². The van der Waals surface area contributed by atoms with E-state index in [1.54, 1.807) is 24.0 Å². The lowest BCUT2D eigenvalue weighted by Crippen LogP contribution is -2.44. The van der Waals surface area contributed by atoms with Crippen LogP contribution in [0.25, 0.3) is 0 Å². The van der Waals surface area contributed by atoms with Crippen LogP contribution < -0.4 is 15.5 Å². The van der Waals surface area contributed by atoms with Crippen molar-refractivity contribution in [2.75, 3.05) is 48.8 Å². The Morgan fingerprint density at radius 3 is 2.52 bits per heavy atom. The number of fused-ring (bicyclic) bond motifs is 1. The number of benzene rings is 3.